The SMILES string of the molecule is CC(=O)N(CC(=O)NC1CC1)c1cccc(C)c1C. The van der Waals surface area contributed by atoms with Crippen molar-refractivity contribution in [2.24, 2.45) is 0 Å². The van der Waals surface area contributed by atoms with Gasteiger partial charge in [0.15, 0.2) is 0 Å². The molecule has 1 aliphatic carbocycles. The first-order valence-electron chi connectivity index (χ1n) is 6.62. The number of nitrogens with zero attached hydrogens (tertiary/aromatic N) is 1. The van der Waals surface area contributed by atoms with Crippen LogP contribution in [0, 0.1) is 13.8 Å². The van der Waals surface area contributed by atoms with E-state index in [2.05, 4.69) is 5.32 Å². The van der Waals surface area contributed by atoms with Gasteiger partial charge in [0.05, 0.1) is 0 Å². The molecule has 2 rings (SSSR count). The standard InChI is InChI=1S/C15H20N2O2/c1-10-5-4-6-14(11(10)2)17(12(3)18)9-15(19)16-13-7-8-13/h4-6,13H,7-9H2,1-3H3,(H,16,19). The van der Waals surface area contributed by atoms with Gasteiger partial charge in [-0.3, -0.25) is 9.59 Å². The Morgan fingerprint density at radius 3 is 2.58 bits per heavy atom. The molecule has 0 heterocycles. The van der Waals surface area contributed by atoms with Gasteiger partial charge >= 0.3 is 0 Å². The highest BCUT2D eigenvalue weighted by molar-refractivity contribution is 5.98. The van der Waals surface area contributed by atoms with Crippen molar-refractivity contribution in [2.45, 2.75) is 39.7 Å². The first kappa shape index (κ1) is 13.6. The predicted molar refractivity (Wildman–Crippen MR) is 75.1 cm³/mol. The molecule has 1 saturated carbocycles. The smallest absolute Gasteiger partial charge is 0.240 e. The molecule has 0 bridgehead atoms. The van der Waals surface area contributed by atoms with E-state index in [1.807, 2.05) is 32.0 Å². The fraction of sp³-hybridized carbons (Fsp3) is 0.467. The second-order valence-electron chi connectivity index (χ2n) is 5.17. The summed E-state index contributed by atoms with van der Waals surface area (Å²) in [6, 6.07) is 6.11. The van der Waals surface area contributed by atoms with E-state index in [0.717, 1.165) is 29.7 Å². The molecule has 1 aromatic carbocycles. The lowest BCUT2D eigenvalue weighted by atomic mass is 10.1. The van der Waals surface area contributed by atoms with Crippen molar-refractivity contribution in [3.05, 3.63) is 29.3 Å². The molecule has 4 nitrogen and oxygen atoms in total. The Labute approximate surface area is 113 Å². The summed E-state index contributed by atoms with van der Waals surface area (Å²) < 4.78 is 0. The average molecular weight is 260 g/mol. The summed E-state index contributed by atoms with van der Waals surface area (Å²) in [6.45, 7) is 5.56. The van der Waals surface area contributed by atoms with Gasteiger partial charge in [0.25, 0.3) is 0 Å². The molecule has 1 aromatic rings. The first-order chi connectivity index (χ1) is 8.99. The number of anilines is 1. The molecule has 0 saturated heterocycles. The summed E-state index contributed by atoms with van der Waals surface area (Å²) in [7, 11) is 0. The van der Waals surface area contributed by atoms with Crippen LogP contribution in [0.1, 0.15) is 30.9 Å². The summed E-state index contributed by atoms with van der Waals surface area (Å²) >= 11 is 0. The summed E-state index contributed by atoms with van der Waals surface area (Å²) in [5, 5.41) is 2.91. The van der Waals surface area contributed by atoms with E-state index in [4.69, 9.17) is 0 Å². The van der Waals surface area contributed by atoms with Gasteiger partial charge in [0.2, 0.25) is 11.8 Å². The van der Waals surface area contributed by atoms with Gasteiger partial charge in [-0.1, -0.05) is 12.1 Å². The molecule has 1 fully saturated rings. The van der Waals surface area contributed by atoms with E-state index in [9.17, 15) is 9.59 Å². The molecule has 0 atom stereocenters. The molecule has 1 aliphatic rings. The van der Waals surface area contributed by atoms with E-state index in [-0.39, 0.29) is 18.4 Å². The van der Waals surface area contributed by atoms with E-state index in [1.54, 1.807) is 4.90 Å². The largest absolute Gasteiger partial charge is 0.352 e. The fourth-order valence-corrected chi connectivity index (χ4v) is 2.04. The van der Waals surface area contributed by atoms with E-state index >= 15 is 0 Å². The zero-order valence-corrected chi connectivity index (χ0v) is 11.7. The van der Waals surface area contributed by atoms with Crippen LogP contribution < -0.4 is 10.2 Å². The van der Waals surface area contributed by atoms with Crippen LogP contribution in [0.15, 0.2) is 18.2 Å². The number of benzene rings is 1. The third kappa shape index (κ3) is 3.34. The molecule has 0 aromatic heterocycles. The lowest BCUT2D eigenvalue weighted by Gasteiger charge is -2.23. The van der Waals surface area contributed by atoms with Crippen molar-refractivity contribution in [3.63, 3.8) is 0 Å². The highest BCUT2D eigenvalue weighted by Gasteiger charge is 2.25. The normalized spacial score (nSPS) is 14.1. The fourth-order valence-electron chi connectivity index (χ4n) is 2.04. The van der Waals surface area contributed by atoms with Crippen molar-refractivity contribution < 1.29 is 9.59 Å². The maximum atomic E-state index is 11.9. The van der Waals surface area contributed by atoms with Crippen molar-refractivity contribution in [1.29, 1.82) is 0 Å². The summed E-state index contributed by atoms with van der Waals surface area (Å²) in [5.74, 6) is -0.196. The number of nitrogens with one attached hydrogen (secondary N) is 1. The quantitative estimate of drug-likeness (QED) is 0.899. The molecule has 0 unspecified atom stereocenters. The molecule has 0 radical (unpaired) electrons. The highest BCUT2D eigenvalue weighted by atomic mass is 16.2. The Bertz CT molecular complexity index is 507. The molecule has 0 spiro atoms. The summed E-state index contributed by atoms with van der Waals surface area (Å²) in [6.07, 6.45) is 2.10. The highest BCUT2D eigenvalue weighted by Crippen LogP contribution is 2.23. The average Bonchev–Trinajstić information content (AvgIpc) is 3.14. The van der Waals surface area contributed by atoms with Gasteiger partial charge in [-0.2, -0.15) is 0 Å². The van der Waals surface area contributed by atoms with Gasteiger partial charge < -0.3 is 10.2 Å². The van der Waals surface area contributed by atoms with Crippen molar-refractivity contribution in [1.82, 2.24) is 5.32 Å². The number of carbonyl (C=O) groups is 2. The molecule has 0 aliphatic heterocycles. The van der Waals surface area contributed by atoms with Crippen molar-refractivity contribution >= 4 is 17.5 Å². The Morgan fingerprint density at radius 2 is 2.00 bits per heavy atom. The van der Waals surface area contributed by atoms with Crippen LogP contribution in [0.3, 0.4) is 0 Å². The van der Waals surface area contributed by atoms with Crippen LogP contribution in [0.4, 0.5) is 5.69 Å². The summed E-state index contributed by atoms with van der Waals surface area (Å²) in [5.41, 5.74) is 2.97. The Balaban J connectivity index is 2.16. The third-order valence-corrected chi connectivity index (χ3v) is 3.49. The van der Waals surface area contributed by atoms with Crippen LogP contribution in [-0.4, -0.2) is 24.4 Å². The van der Waals surface area contributed by atoms with Crippen LogP contribution in [0.2, 0.25) is 0 Å². The maximum absolute atomic E-state index is 11.9. The Morgan fingerprint density at radius 1 is 1.32 bits per heavy atom. The zero-order chi connectivity index (χ0) is 14.0. The Kier molecular flexibility index (Phi) is 3.88. The monoisotopic (exact) mass is 260 g/mol. The van der Waals surface area contributed by atoms with Gasteiger partial charge in [-0.25, -0.2) is 0 Å². The lowest BCUT2D eigenvalue weighted by Crippen LogP contribution is -2.40. The van der Waals surface area contributed by atoms with Gasteiger partial charge in [0, 0.05) is 18.7 Å². The number of hydrogen-bond donors (Lipinski definition) is 1. The number of amides is 2. The topological polar surface area (TPSA) is 49.4 Å². The second kappa shape index (κ2) is 5.43. The summed E-state index contributed by atoms with van der Waals surface area (Å²) in [4.78, 5) is 25.2. The number of carbonyl (C=O) groups excluding carboxylic acids is 2. The minimum absolute atomic E-state index is 0.0846. The number of hydrogen-bond acceptors (Lipinski definition) is 2. The lowest BCUT2D eigenvalue weighted by molar-refractivity contribution is -0.123. The molecular formula is C15H20N2O2. The predicted octanol–water partition coefficient (Wildman–Crippen LogP) is 1.93. The third-order valence-electron chi connectivity index (χ3n) is 3.49. The van der Waals surface area contributed by atoms with Gasteiger partial charge in [0.1, 0.15) is 6.54 Å². The van der Waals surface area contributed by atoms with Crippen LogP contribution in [0.5, 0.6) is 0 Å². The molecule has 1 N–H and O–H groups in total. The molecule has 102 valence electrons. The maximum Gasteiger partial charge on any atom is 0.240 e. The molecule has 2 amide bonds. The van der Waals surface area contributed by atoms with Crippen molar-refractivity contribution in [2.75, 3.05) is 11.4 Å². The van der Waals surface area contributed by atoms with E-state index in [0.29, 0.717) is 6.04 Å². The zero-order valence-electron chi connectivity index (χ0n) is 11.7. The minimum atomic E-state index is -0.111. The van der Waals surface area contributed by atoms with Crippen LogP contribution in [0.25, 0.3) is 0 Å². The van der Waals surface area contributed by atoms with E-state index in [1.165, 1.54) is 6.92 Å². The van der Waals surface area contributed by atoms with Crippen LogP contribution >= 0.6 is 0 Å². The molecular weight excluding hydrogens is 240 g/mol. The van der Waals surface area contributed by atoms with E-state index < -0.39 is 0 Å². The minimum Gasteiger partial charge on any atom is -0.352 e. The second-order valence-corrected chi connectivity index (χ2v) is 5.17. The Hall–Kier alpha value is -1.84. The number of rotatable bonds is 4. The first-order valence-corrected chi connectivity index (χ1v) is 6.62. The van der Waals surface area contributed by atoms with Crippen molar-refractivity contribution in [3.8, 4) is 0 Å². The molecule has 4 heteroatoms. The number of aryl methyl sites for hydroxylation is 1. The van der Waals surface area contributed by atoms with Gasteiger partial charge in [-0.05, 0) is 43.9 Å². The van der Waals surface area contributed by atoms with Gasteiger partial charge in [-0.15, -0.1) is 0 Å². The van der Waals surface area contributed by atoms with Crippen LogP contribution in [-0.2, 0) is 9.59 Å². The molecule has 19 heavy (non-hydrogen) atoms.